The van der Waals surface area contributed by atoms with Gasteiger partial charge in [-0.25, -0.2) is 9.97 Å². The maximum absolute atomic E-state index is 12.9. The number of nitrogens with one attached hydrogen (secondary N) is 1. The molecule has 1 aliphatic rings. The molecule has 3 nitrogen and oxygen atoms in total. The Bertz CT molecular complexity index is 633. The maximum atomic E-state index is 12.9. The van der Waals surface area contributed by atoms with Crippen molar-refractivity contribution in [2.24, 2.45) is 0 Å². The fraction of sp³-hybridized carbons (Fsp3) is 0.385. The Kier molecular flexibility index (Phi) is 2.45. The molecule has 1 heterocycles. The molecule has 1 aromatic heterocycles. The molecule has 0 spiro atoms. The predicted octanol–water partition coefficient (Wildman–Crippen LogP) is 3.45. The van der Waals surface area contributed by atoms with Gasteiger partial charge in [-0.05, 0) is 31.9 Å². The van der Waals surface area contributed by atoms with Gasteiger partial charge in [-0.3, -0.25) is 0 Å². The number of fused-ring (bicyclic) bond motifs is 1. The lowest BCUT2D eigenvalue weighted by Gasteiger charge is -2.22. The van der Waals surface area contributed by atoms with Crippen molar-refractivity contribution in [2.75, 3.05) is 5.32 Å². The number of nitrogens with zero attached hydrogens (tertiary/aromatic N) is 2. The Morgan fingerprint density at radius 3 is 2.21 bits per heavy atom. The number of alkyl halides is 3. The van der Waals surface area contributed by atoms with Crippen LogP contribution in [0.2, 0.25) is 0 Å². The van der Waals surface area contributed by atoms with Gasteiger partial charge in [-0.2, -0.15) is 13.2 Å². The van der Waals surface area contributed by atoms with Crippen LogP contribution in [0.5, 0.6) is 0 Å². The quantitative estimate of drug-likeness (QED) is 0.905. The lowest BCUT2D eigenvalue weighted by atomic mass is 10.2. The van der Waals surface area contributed by atoms with E-state index in [1.54, 1.807) is 25.1 Å². The molecule has 0 bridgehead atoms. The summed E-state index contributed by atoms with van der Waals surface area (Å²) in [6.07, 6.45) is -4.08. The summed E-state index contributed by atoms with van der Waals surface area (Å²) in [7, 11) is 0. The van der Waals surface area contributed by atoms with E-state index >= 15 is 0 Å². The van der Waals surface area contributed by atoms with Crippen molar-refractivity contribution in [1.29, 1.82) is 0 Å². The van der Waals surface area contributed by atoms with Gasteiger partial charge in [0.2, 0.25) is 0 Å². The summed E-state index contributed by atoms with van der Waals surface area (Å²) in [5.74, 6) is 0.216. The number of benzene rings is 1. The van der Waals surface area contributed by atoms with Crippen LogP contribution in [-0.4, -0.2) is 21.7 Å². The van der Waals surface area contributed by atoms with E-state index in [4.69, 9.17) is 0 Å². The molecule has 1 fully saturated rings. The van der Waals surface area contributed by atoms with E-state index in [1.807, 2.05) is 6.07 Å². The number of anilines is 1. The Hall–Kier alpha value is -1.85. The van der Waals surface area contributed by atoms with Crippen LogP contribution >= 0.6 is 0 Å². The smallest absolute Gasteiger partial charge is 0.355 e. The van der Waals surface area contributed by atoms with Crippen molar-refractivity contribution in [3.8, 4) is 0 Å². The molecular formula is C13H12F3N3. The second-order valence-electron chi connectivity index (χ2n) is 4.85. The van der Waals surface area contributed by atoms with Gasteiger partial charge in [0, 0.05) is 0 Å². The van der Waals surface area contributed by atoms with Gasteiger partial charge in [-0.1, -0.05) is 12.1 Å². The summed E-state index contributed by atoms with van der Waals surface area (Å²) >= 11 is 0. The highest BCUT2D eigenvalue weighted by Gasteiger charge is 2.63. The summed E-state index contributed by atoms with van der Waals surface area (Å²) in [6, 6.07) is 7.13. The highest BCUT2D eigenvalue weighted by atomic mass is 19.4. The van der Waals surface area contributed by atoms with Crippen molar-refractivity contribution >= 4 is 16.9 Å². The Morgan fingerprint density at radius 1 is 1.11 bits per heavy atom. The van der Waals surface area contributed by atoms with Crippen LogP contribution in [0.4, 0.5) is 19.0 Å². The molecule has 2 aromatic rings. The van der Waals surface area contributed by atoms with Crippen LogP contribution in [0, 0.1) is 6.92 Å². The molecule has 0 amide bonds. The topological polar surface area (TPSA) is 37.8 Å². The van der Waals surface area contributed by atoms with Crippen LogP contribution in [0.3, 0.4) is 0 Å². The highest BCUT2D eigenvalue weighted by Crippen LogP contribution is 2.51. The molecule has 1 aliphatic carbocycles. The number of aryl methyl sites for hydroxylation is 1. The van der Waals surface area contributed by atoms with Gasteiger partial charge in [0.1, 0.15) is 11.4 Å². The molecular weight excluding hydrogens is 255 g/mol. The highest BCUT2D eigenvalue weighted by molar-refractivity contribution is 5.76. The number of para-hydroxylation sites is 2. The number of aromatic nitrogens is 2. The van der Waals surface area contributed by atoms with Gasteiger partial charge >= 0.3 is 6.18 Å². The summed E-state index contributed by atoms with van der Waals surface area (Å²) < 4.78 is 38.7. The van der Waals surface area contributed by atoms with Gasteiger partial charge < -0.3 is 5.32 Å². The molecule has 3 rings (SSSR count). The monoisotopic (exact) mass is 267 g/mol. The molecule has 0 atom stereocenters. The van der Waals surface area contributed by atoms with E-state index in [-0.39, 0.29) is 18.7 Å². The minimum atomic E-state index is -4.26. The summed E-state index contributed by atoms with van der Waals surface area (Å²) in [5.41, 5.74) is -0.0558. The Morgan fingerprint density at radius 2 is 1.68 bits per heavy atom. The van der Waals surface area contributed by atoms with Gasteiger partial charge in [-0.15, -0.1) is 0 Å². The van der Waals surface area contributed by atoms with Crippen LogP contribution in [0.15, 0.2) is 24.3 Å². The largest absolute Gasteiger partial charge is 0.411 e. The zero-order valence-electron chi connectivity index (χ0n) is 10.3. The Labute approximate surface area is 107 Å². The lowest BCUT2D eigenvalue weighted by Crippen LogP contribution is -2.39. The van der Waals surface area contributed by atoms with E-state index in [2.05, 4.69) is 15.3 Å². The summed E-state index contributed by atoms with van der Waals surface area (Å²) in [6.45, 7) is 1.66. The van der Waals surface area contributed by atoms with Crippen molar-refractivity contribution in [3.63, 3.8) is 0 Å². The third kappa shape index (κ3) is 2.01. The number of hydrogen-bond acceptors (Lipinski definition) is 3. The van der Waals surface area contributed by atoms with E-state index in [1.165, 1.54) is 0 Å². The average Bonchev–Trinajstić information content (AvgIpc) is 3.10. The minimum absolute atomic E-state index is 0.0877. The first-order valence-corrected chi connectivity index (χ1v) is 6.00. The van der Waals surface area contributed by atoms with Crippen LogP contribution in [0.1, 0.15) is 18.5 Å². The molecule has 6 heteroatoms. The third-order valence-corrected chi connectivity index (χ3v) is 3.40. The van der Waals surface area contributed by atoms with E-state index in [0.717, 1.165) is 0 Å². The molecule has 1 saturated carbocycles. The molecule has 1 N–H and O–H groups in total. The average molecular weight is 267 g/mol. The van der Waals surface area contributed by atoms with E-state index in [0.29, 0.717) is 16.7 Å². The molecule has 0 radical (unpaired) electrons. The minimum Gasteiger partial charge on any atom is -0.355 e. The van der Waals surface area contributed by atoms with Crippen molar-refractivity contribution in [2.45, 2.75) is 31.5 Å². The number of halogens is 3. The van der Waals surface area contributed by atoms with Gasteiger partial charge in [0.25, 0.3) is 0 Å². The van der Waals surface area contributed by atoms with E-state index in [9.17, 15) is 13.2 Å². The third-order valence-electron chi connectivity index (χ3n) is 3.40. The first kappa shape index (κ1) is 12.2. The predicted molar refractivity (Wildman–Crippen MR) is 65.9 cm³/mol. The number of rotatable bonds is 2. The molecule has 100 valence electrons. The maximum Gasteiger partial charge on any atom is 0.411 e. The van der Waals surface area contributed by atoms with Crippen LogP contribution < -0.4 is 5.32 Å². The normalized spacial score (nSPS) is 17.5. The SMILES string of the molecule is Cc1nc2ccccc2nc1NC1(C(F)(F)F)CC1. The van der Waals surface area contributed by atoms with Crippen molar-refractivity contribution < 1.29 is 13.2 Å². The standard InChI is InChI=1S/C13H12F3N3/c1-8-11(19-12(6-7-12)13(14,15)16)18-10-5-3-2-4-9(10)17-8/h2-5H,6-7H2,1H3,(H,18,19). The Balaban J connectivity index is 2.00. The van der Waals surface area contributed by atoms with Gasteiger partial charge in [0.05, 0.1) is 16.7 Å². The molecule has 0 unspecified atom stereocenters. The fourth-order valence-electron chi connectivity index (χ4n) is 2.04. The van der Waals surface area contributed by atoms with Gasteiger partial charge in [0.15, 0.2) is 0 Å². The van der Waals surface area contributed by atoms with Crippen molar-refractivity contribution in [1.82, 2.24) is 9.97 Å². The lowest BCUT2D eigenvalue weighted by molar-refractivity contribution is -0.151. The molecule has 1 aromatic carbocycles. The zero-order chi connectivity index (χ0) is 13.7. The van der Waals surface area contributed by atoms with Crippen LogP contribution in [0.25, 0.3) is 11.0 Å². The number of hydrogen-bond donors (Lipinski definition) is 1. The molecule has 0 aliphatic heterocycles. The second kappa shape index (κ2) is 3.82. The second-order valence-corrected chi connectivity index (χ2v) is 4.85. The van der Waals surface area contributed by atoms with Crippen LogP contribution in [-0.2, 0) is 0 Å². The zero-order valence-corrected chi connectivity index (χ0v) is 10.3. The summed E-state index contributed by atoms with van der Waals surface area (Å²) in [4.78, 5) is 8.52. The first-order chi connectivity index (χ1) is 8.91. The van der Waals surface area contributed by atoms with Crippen molar-refractivity contribution in [3.05, 3.63) is 30.0 Å². The summed E-state index contributed by atoms with van der Waals surface area (Å²) in [5, 5.41) is 2.53. The van der Waals surface area contributed by atoms with E-state index < -0.39 is 11.7 Å². The first-order valence-electron chi connectivity index (χ1n) is 6.00. The molecule has 0 saturated heterocycles. The molecule has 19 heavy (non-hydrogen) atoms. The fourth-order valence-corrected chi connectivity index (χ4v) is 2.04.